The molecule has 0 N–H and O–H groups in total. The molecule has 3 nitrogen and oxygen atoms in total. The average molecular weight is 222 g/mol. The second-order valence-electron chi connectivity index (χ2n) is 2.48. The molecule has 0 radical (unpaired) electrons. The molecule has 0 aromatic rings. The lowest BCUT2D eigenvalue weighted by Gasteiger charge is -2.17. The van der Waals surface area contributed by atoms with Gasteiger partial charge in [0.2, 0.25) is 5.91 Å². The van der Waals surface area contributed by atoms with Gasteiger partial charge in [0.1, 0.15) is 6.61 Å². The van der Waals surface area contributed by atoms with Crippen LogP contribution in [0.2, 0.25) is 0 Å². The first-order valence-electron chi connectivity index (χ1n) is 3.76. The summed E-state index contributed by atoms with van der Waals surface area (Å²) in [4.78, 5) is 13.0. The van der Waals surface area contributed by atoms with Crippen molar-refractivity contribution in [2.45, 2.75) is 6.42 Å². The summed E-state index contributed by atoms with van der Waals surface area (Å²) in [5.41, 5.74) is 0. The Kier molecular flexibility index (Phi) is 3.86. The number of nitrogens with zero attached hydrogens (tertiary/aromatic N) is 1. The molecule has 1 fully saturated rings. The summed E-state index contributed by atoms with van der Waals surface area (Å²) in [5.74, 6) is 0.113. The van der Waals surface area contributed by atoms with Crippen molar-refractivity contribution in [3.05, 3.63) is 0 Å². The van der Waals surface area contributed by atoms with E-state index in [1.54, 1.807) is 0 Å². The first kappa shape index (κ1) is 9.00. The van der Waals surface area contributed by atoms with Crippen molar-refractivity contribution in [1.82, 2.24) is 4.90 Å². The summed E-state index contributed by atoms with van der Waals surface area (Å²) in [7, 11) is 0. The fourth-order valence-corrected chi connectivity index (χ4v) is 1.50. The average Bonchev–Trinajstić information content (AvgIpc) is 2.18. The first-order valence-corrected chi connectivity index (χ1v) is 4.88. The van der Waals surface area contributed by atoms with Gasteiger partial charge in [-0.2, -0.15) is 0 Å². The maximum atomic E-state index is 11.2. The van der Waals surface area contributed by atoms with E-state index in [1.165, 1.54) is 0 Å². The summed E-state index contributed by atoms with van der Waals surface area (Å²) >= 11 is 3.30. The van der Waals surface area contributed by atoms with Crippen LogP contribution in [0.25, 0.3) is 0 Å². The van der Waals surface area contributed by atoms with Crippen molar-refractivity contribution < 1.29 is 9.53 Å². The number of amides is 1. The van der Waals surface area contributed by atoms with E-state index >= 15 is 0 Å². The molecule has 0 aromatic heterocycles. The zero-order valence-electron chi connectivity index (χ0n) is 6.38. The Bertz CT molecular complexity index is 140. The van der Waals surface area contributed by atoms with E-state index < -0.39 is 0 Å². The van der Waals surface area contributed by atoms with E-state index in [2.05, 4.69) is 15.9 Å². The number of carbonyl (C=O) groups excluding carboxylic acids is 1. The van der Waals surface area contributed by atoms with Gasteiger partial charge in [-0.15, -0.1) is 0 Å². The summed E-state index contributed by atoms with van der Waals surface area (Å²) < 4.78 is 5.08. The highest BCUT2D eigenvalue weighted by molar-refractivity contribution is 9.09. The Morgan fingerprint density at radius 3 is 3.18 bits per heavy atom. The summed E-state index contributed by atoms with van der Waals surface area (Å²) in [5, 5.41) is 0.846. The van der Waals surface area contributed by atoms with Crippen LogP contribution in [0.1, 0.15) is 6.42 Å². The maximum absolute atomic E-state index is 11.2. The van der Waals surface area contributed by atoms with Crippen LogP contribution < -0.4 is 0 Å². The smallest absolute Gasteiger partial charge is 0.248 e. The van der Waals surface area contributed by atoms with Crippen LogP contribution in [0.4, 0.5) is 0 Å². The topological polar surface area (TPSA) is 29.5 Å². The van der Waals surface area contributed by atoms with Crippen LogP contribution in [0, 0.1) is 0 Å². The molecule has 0 spiro atoms. The molecule has 1 heterocycles. The first-order chi connectivity index (χ1) is 5.34. The second-order valence-corrected chi connectivity index (χ2v) is 3.27. The molecular weight excluding hydrogens is 210 g/mol. The van der Waals surface area contributed by atoms with Gasteiger partial charge in [0.15, 0.2) is 0 Å². The monoisotopic (exact) mass is 221 g/mol. The van der Waals surface area contributed by atoms with Crippen molar-refractivity contribution in [3.63, 3.8) is 0 Å². The highest BCUT2D eigenvalue weighted by atomic mass is 79.9. The predicted molar refractivity (Wildman–Crippen MR) is 45.8 cm³/mol. The van der Waals surface area contributed by atoms with Gasteiger partial charge in [0.05, 0.1) is 0 Å². The van der Waals surface area contributed by atoms with Crippen molar-refractivity contribution in [2.24, 2.45) is 0 Å². The fraction of sp³-hybridized carbons (Fsp3) is 0.857. The Labute approximate surface area is 74.8 Å². The van der Waals surface area contributed by atoms with E-state index in [-0.39, 0.29) is 12.5 Å². The Balaban J connectivity index is 2.39. The lowest BCUT2D eigenvalue weighted by atomic mass is 10.4. The highest BCUT2D eigenvalue weighted by Crippen LogP contribution is 2.00. The summed E-state index contributed by atoms with van der Waals surface area (Å²) in [6.07, 6.45) is 0.957. The van der Waals surface area contributed by atoms with Gasteiger partial charge in [0.25, 0.3) is 0 Å². The molecule has 0 aromatic carbocycles. The number of halogens is 1. The minimum Gasteiger partial charge on any atom is -0.372 e. The highest BCUT2D eigenvalue weighted by Gasteiger charge is 2.15. The largest absolute Gasteiger partial charge is 0.372 e. The standard InChI is InChI=1S/C7H12BrNO2/c8-2-4-9-3-1-5-11-6-7(9)10/h1-6H2. The molecule has 4 heteroatoms. The van der Waals surface area contributed by atoms with Gasteiger partial charge in [-0.3, -0.25) is 4.79 Å². The van der Waals surface area contributed by atoms with Gasteiger partial charge in [-0.1, -0.05) is 15.9 Å². The van der Waals surface area contributed by atoms with E-state index in [1.807, 2.05) is 4.90 Å². The molecule has 11 heavy (non-hydrogen) atoms. The number of ether oxygens (including phenoxy) is 1. The van der Waals surface area contributed by atoms with Crippen LogP contribution in [0.5, 0.6) is 0 Å². The second kappa shape index (κ2) is 4.72. The van der Waals surface area contributed by atoms with E-state index in [0.29, 0.717) is 6.61 Å². The number of hydrogen-bond acceptors (Lipinski definition) is 2. The molecule has 64 valence electrons. The molecule has 0 aliphatic carbocycles. The van der Waals surface area contributed by atoms with Crippen molar-refractivity contribution >= 4 is 21.8 Å². The van der Waals surface area contributed by atoms with Gasteiger partial charge in [-0.25, -0.2) is 0 Å². The Hall–Kier alpha value is -0.0900. The third-order valence-electron chi connectivity index (χ3n) is 1.65. The number of hydrogen-bond donors (Lipinski definition) is 0. The summed E-state index contributed by atoms with van der Waals surface area (Å²) in [6, 6.07) is 0. The molecule has 0 unspecified atom stereocenters. The Morgan fingerprint density at radius 2 is 2.45 bits per heavy atom. The van der Waals surface area contributed by atoms with Crippen LogP contribution in [0.3, 0.4) is 0 Å². The minimum atomic E-state index is 0.113. The van der Waals surface area contributed by atoms with E-state index in [0.717, 1.165) is 24.8 Å². The van der Waals surface area contributed by atoms with Gasteiger partial charge in [0, 0.05) is 25.0 Å². The normalized spacial score (nSPS) is 20.1. The fourth-order valence-electron chi connectivity index (χ4n) is 1.07. The van der Waals surface area contributed by atoms with Crippen LogP contribution in [0.15, 0.2) is 0 Å². The van der Waals surface area contributed by atoms with Crippen LogP contribution >= 0.6 is 15.9 Å². The summed E-state index contributed by atoms with van der Waals surface area (Å²) in [6.45, 7) is 2.60. The maximum Gasteiger partial charge on any atom is 0.248 e. The molecule has 1 amide bonds. The zero-order valence-corrected chi connectivity index (χ0v) is 7.97. The SMILES string of the molecule is O=C1COCCCN1CCBr. The van der Waals surface area contributed by atoms with E-state index in [4.69, 9.17) is 4.74 Å². The minimum absolute atomic E-state index is 0.113. The van der Waals surface area contributed by atoms with Crippen molar-refractivity contribution in [1.29, 1.82) is 0 Å². The molecule has 1 aliphatic rings. The zero-order chi connectivity index (χ0) is 8.10. The number of carbonyl (C=O) groups is 1. The molecular formula is C7H12BrNO2. The third-order valence-corrected chi connectivity index (χ3v) is 2.00. The molecule has 1 aliphatic heterocycles. The predicted octanol–water partition coefficient (Wildman–Crippen LogP) is 0.630. The van der Waals surface area contributed by atoms with Crippen molar-refractivity contribution in [3.8, 4) is 0 Å². The number of rotatable bonds is 2. The van der Waals surface area contributed by atoms with Gasteiger partial charge < -0.3 is 9.64 Å². The lowest BCUT2D eigenvalue weighted by Crippen LogP contribution is -2.34. The quantitative estimate of drug-likeness (QED) is 0.641. The van der Waals surface area contributed by atoms with Crippen molar-refractivity contribution in [2.75, 3.05) is 31.6 Å². The van der Waals surface area contributed by atoms with Crippen LogP contribution in [-0.4, -0.2) is 42.4 Å². The van der Waals surface area contributed by atoms with Gasteiger partial charge in [-0.05, 0) is 6.42 Å². The molecule has 0 atom stereocenters. The molecule has 1 rings (SSSR count). The van der Waals surface area contributed by atoms with E-state index in [9.17, 15) is 4.79 Å². The lowest BCUT2D eigenvalue weighted by molar-refractivity contribution is -0.133. The third kappa shape index (κ3) is 2.79. The molecule has 0 saturated carbocycles. The van der Waals surface area contributed by atoms with Crippen LogP contribution in [-0.2, 0) is 9.53 Å². The Morgan fingerprint density at radius 1 is 1.64 bits per heavy atom. The van der Waals surface area contributed by atoms with Gasteiger partial charge >= 0.3 is 0 Å². The molecule has 1 saturated heterocycles. The number of alkyl halides is 1. The molecule has 0 bridgehead atoms.